The molecule has 2 aliphatic heterocycles. The monoisotopic (exact) mass is 504 g/mol. The molecule has 0 N–H and O–H groups in total. The number of fused-ring (bicyclic) bond motifs is 1. The predicted molar refractivity (Wildman–Crippen MR) is 121 cm³/mol. The Morgan fingerprint density at radius 2 is 1.89 bits per heavy atom. The molecule has 3 aromatic rings. The number of pyridine rings is 2. The van der Waals surface area contributed by atoms with Gasteiger partial charge in [-0.3, -0.25) is 19.3 Å². The van der Waals surface area contributed by atoms with Crippen molar-refractivity contribution in [3.05, 3.63) is 48.0 Å². The van der Waals surface area contributed by atoms with Gasteiger partial charge in [-0.05, 0) is 18.2 Å². The van der Waals surface area contributed by atoms with Gasteiger partial charge < -0.3 is 14.2 Å². The van der Waals surface area contributed by atoms with Gasteiger partial charge in [0, 0.05) is 38.2 Å². The molecule has 0 bridgehead atoms. The molecule has 5 rings (SSSR count). The number of ether oxygens (including phenoxy) is 3. The van der Waals surface area contributed by atoms with Crippen molar-refractivity contribution in [3.63, 3.8) is 0 Å². The number of methoxy groups -OCH3 is 3. The van der Waals surface area contributed by atoms with Crippen molar-refractivity contribution in [2.45, 2.75) is 25.0 Å². The van der Waals surface area contributed by atoms with Crippen molar-refractivity contribution in [2.75, 3.05) is 39.3 Å². The summed E-state index contributed by atoms with van der Waals surface area (Å²) in [5.74, 6) is 0.380. The highest BCUT2D eigenvalue weighted by molar-refractivity contribution is 6.10. The van der Waals surface area contributed by atoms with Gasteiger partial charge in [0.25, 0.3) is 11.8 Å². The Bertz CT molecular complexity index is 1290. The normalized spacial score (nSPS) is 18.3. The largest absolute Gasteiger partial charge is 0.491 e. The molecule has 0 aliphatic carbocycles. The van der Waals surface area contributed by atoms with E-state index >= 15 is 0 Å². The molecule has 10 nitrogen and oxygen atoms in total. The standard InChI is InChI=1S/C23H23F3N6O4/c1-34-15-10-30(11-15)21-19-16(22(33)32(21)14-8-28-31(9-14)12-23(24,25)26)4-5-17(29-19)13-6-18(35-2)20(36-3)27-7-13/h4-9,15,21H,10-12H2,1-3H3. The zero-order valence-corrected chi connectivity index (χ0v) is 19.7. The highest BCUT2D eigenvalue weighted by Gasteiger charge is 2.47. The molecule has 2 aliphatic rings. The molecule has 0 radical (unpaired) electrons. The second-order valence-corrected chi connectivity index (χ2v) is 8.44. The molecule has 36 heavy (non-hydrogen) atoms. The third-order valence-electron chi connectivity index (χ3n) is 6.18. The number of hydrogen-bond donors (Lipinski definition) is 0. The molecular weight excluding hydrogens is 481 g/mol. The third kappa shape index (κ3) is 4.24. The fourth-order valence-corrected chi connectivity index (χ4v) is 4.41. The van der Waals surface area contributed by atoms with Crippen LogP contribution in [0.4, 0.5) is 18.9 Å². The highest BCUT2D eigenvalue weighted by Crippen LogP contribution is 2.42. The molecule has 5 heterocycles. The Labute approximate surface area is 204 Å². The van der Waals surface area contributed by atoms with Gasteiger partial charge in [-0.2, -0.15) is 18.3 Å². The minimum Gasteiger partial charge on any atom is -0.491 e. The van der Waals surface area contributed by atoms with Crippen LogP contribution >= 0.6 is 0 Å². The average molecular weight is 504 g/mol. The second kappa shape index (κ2) is 9.06. The summed E-state index contributed by atoms with van der Waals surface area (Å²) in [5, 5.41) is 3.82. The summed E-state index contributed by atoms with van der Waals surface area (Å²) < 4.78 is 55.3. The number of hydrogen-bond acceptors (Lipinski definition) is 8. The van der Waals surface area contributed by atoms with Gasteiger partial charge in [-0.15, -0.1) is 0 Å². The van der Waals surface area contributed by atoms with Crippen LogP contribution in [0.2, 0.25) is 0 Å². The third-order valence-corrected chi connectivity index (χ3v) is 6.18. The number of carbonyl (C=O) groups is 1. The maximum absolute atomic E-state index is 13.4. The van der Waals surface area contributed by atoms with E-state index in [2.05, 4.69) is 10.1 Å². The van der Waals surface area contributed by atoms with E-state index in [9.17, 15) is 18.0 Å². The summed E-state index contributed by atoms with van der Waals surface area (Å²) in [7, 11) is 4.59. The van der Waals surface area contributed by atoms with Crippen LogP contribution < -0.4 is 14.4 Å². The molecule has 190 valence electrons. The second-order valence-electron chi connectivity index (χ2n) is 8.44. The summed E-state index contributed by atoms with van der Waals surface area (Å²) in [4.78, 5) is 25.9. The SMILES string of the molecule is COc1cc(-c2ccc3c(n2)C(N2CC(OC)C2)N(c2cnn(CC(F)(F)F)c2)C3=O)cnc1OC. The number of aromatic nitrogens is 4. The Kier molecular flexibility index (Phi) is 6.04. The number of amides is 1. The van der Waals surface area contributed by atoms with Crippen LogP contribution in [-0.2, 0) is 11.3 Å². The molecule has 0 aromatic carbocycles. The van der Waals surface area contributed by atoms with E-state index in [1.165, 1.54) is 31.5 Å². The van der Waals surface area contributed by atoms with Gasteiger partial charge in [-0.25, -0.2) is 9.97 Å². The molecule has 1 atom stereocenters. The van der Waals surface area contributed by atoms with Gasteiger partial charge in [0.15, 0.2) is 5.75 Å². The fraction of sp³-hybridized carbons (Fsp3) is 0.391. The van der Waals surface area contributed by atoms with E-state index in [1.807, 2.05) is 4.90 Å². The van der Waals surface area contributed by atoms with E-state index in [-0.39, 0.29) is 17.7 Å². The first-order valence-electron chi connectivity index (χ1n) is 11.0. The number of anilines is 1. The van der Waals surface area contributed by atoms with Crippen molar-refractivity contribution in [2.24, 2.45) is 0 Å². The molecule has 3 aromatic heterocycles. The number of likely N-dealkylation sites (tertiary alicyclic amines) is 1. The van der Waals surface area contributed by atoms with E-state index < -0.39 is 18.9 Å². The van der Waals surface area contributed by atoms with Crippen LogP contribution in [-0.4, -0.2) is 77.3 Å². The van der Waals surface area contributed by atoms with Crippen LogP contribution in [0.15, 0.2) is 36.8 Å². The molecular formula is C23H23F3N6O4. The Morgan fingerprint density at radius 1 is 1.11 bits per heavy atom. The van der Waals surface area contributed by atoms with Crippen LogP contribution in [0.1, 0.15) is 22.2 Å². The summed E-state index contributed by atoms with van der Waals surface area (Å²) in [5.41, 5.74) is 2.31. The summed E-state index contributed by atoms with van der Waals surface area (Å²) in [6.07, 6.45) is -1.02. The molecule has 1 amide bonds. The van der Waals surface area contributed by atoms with E-state index in [0.29, 0.717) is 47.2 Å². The summed E-state index contributed by atoms with van der Waals surface area (Å²) >= 11 is 0. The van der Waals surface area contributed by atoms with Gasteiger partial charge in [0.1, 0.15) is 12.7 Å². The zero-order valence-electron chi connectivity index (χ0n) is 19.7. The maximum Gasteiger partial charge on any atom is 0.408 e. The van der Waals surface area contributed by atoms with Crippen LogP contribution in [0.3, 0.4) is 0 Å². The predicted octanol–water partition coefficient (Wildman–Crippen LogP) is 2.91. The number of nitrogens with zero attached hydrogens (tertiary/aromatic N) is 6. The van der Waals surface area contributed by atoms with Crippen molar-refractivity contribution < 1.29 is 32.2 Å². The molecule has 1 unspecified atom stereocenters. The lowest BCUT2D eigenvalue weighted by molar-refractivity contribution is -0.142. The molecule has 1 saturated heterocycles. The molecule has 0 spiro atoms. The Balaban J connectivity index is 1.54. The fourth-order valence-electron chi connectivity index (χ4n) is 4.41. The average Bonchev–Trinajstić information content (AvgIpc) is 3.38. The highest BCUT2D eigenvalue weighted by atomic mass is 19.4. The number of halogens is 3. The quantitative estimate of drug-likeness (QED) is 0.485. The van der Waals surface area contributed by atoms with Gasteiger partial charge in [0.05, 0.1) is 49.2 Å². The van der Waals surface area contributed by atoms with Crippen molar-refractivity contribution in [3.8, 4) is 22.9 Å². The van der Waals surface area contributed by atoms with E-state index in [4.69, 9.17) is 19.2 Å². The van der Waals surface area contributed by atoms with Crippen molar-refractivity contribution in [1.29, 1.82) is 0 Å². The van der Waals surface area contributed by atoms with Crippen LogP contribution in [0.5, 0.6) is 11.6 Å². The minimum absolute atomic E-state index is 0.0165. The minimum atomic E-state index is -4.44. The van der Waals surface area contributed by atoms with Crippen LogP contribution in [0.25, 0.3) is 11.3 Å². The Hall–Kier alpha value is -3.71. The van der Waals surface area contributed by atoms with E-state index in [1.54, 1.807) is 31.5 Å². The lowest BCUT2D eigenvalue weighted by Gasteiger charge is -2.44. The molecule has 0 saturated carbocycles. The van der Waals surface area contributed by atoms with Gasteiger partial charge >= 0.3 is 6.18 Å². The first-order valence-corrected chi connectivity index (χ1v) is 11.0. The van der Waals surface area contributed by atoms with Gasteiger partial charge in [-0.1, -0.05) is 0 Å². The molecule has 13 heteroatoms. The number of alkyl halides is 3. The first kappa shape index (κ1) is 24.0. The summed E-state index contributed by atoms with van der Waals surface area (Å²) in [6.45, 7) is -0.188. The zero-order chi connectivity index (χ0) is 25.6. The van der Waals surface area contributed by atoms with Gasteiger partial charge in [0.2, 0.25) is 0 Å². The van der Waals surface area contributed by atoms with Crippen molar-refractivity contribution >= 4 is 11.6 Å². The topological polar surface area (TPSA) is 94.8 Å². The summed E-state index contributed by atoms with van der Waals surface area (Å²) in [6, 6.07) is 5.09. The van der Waals surface area contributed by atoms with Crippen LogP contribution in [0, 0.1) is 0 Å². The first-order chi connectivity index (χ1) is 17.2. The van der Waals surface area contributed by atoms with Crippen molar-refractivity contribution in [1.82, 2.24) is 24.6 Å². The smallest absolute Gasteiger partial charge is 0.408 e. The number of carbonyl (C=O) groups excluding carboxylic acids is 1. The lowest BCUT2D eigenvalue weighted by atomic mass is 10.1. The Morgan fingerprint density at radius 3 is 2.56 bits per heavy atom. The molecule has 1 fully saturated rings. The number of rotatable bonds is 7. The lowest BCUT2D eigenvalue weighted by Crippen LogP contribution is -2.56. The maximum atomic E-state index is 13.4. The van der Waals surface area contributed by atoms with E-state index in [0.717, 1.165) is 4.68 Å².